The highest BCUT2D eigenvalue weighted by Crippen LogP contribution is 2.30. The van der Waals surface area contributed by atoms with Gasteiger partial charge in [0, 0.05) is 43.0 Å². The molecule has 4 aromatic rings. The maximum absolute atomic E-state index is 5.62. The van der Waals surface area contributed by atoms with Crippen molar-refractivity contribution in [3.05, 3.63) is 42.4 Å². The summed E-state index contributed by atoms with van der Waals surface area (Å²) in [5.41, 5.74) is 4.56. The first-order chi connectivity index (χ1) is 14.1. The molecule has 8 heteroatoms. The number of nitrogens with one attached hydrogen (secondary N) is 1. The Hall–Kier alpha value is -3.26. The van der Waals surface area contributed by atoms with Gasteiger partial charge in [0.25, 0.3) is 0 Å². The number of hydrogen-bond donors (Lipinski definition) is 1. The largest absolute Gasteiger partial charge is 0.377 e. The monoisotopic (exact) mass is 389 g/mol. The lowest BCUT2D eigenvalue weighted by molar-refractivity contribution is 0.0985. The van der Waals surface area contributed by atoms with E-state index in [-0.39, 0.29) is 6.04 Å². The number of hydrogen-bond acceptors (Lipinski definition) is 6. The van der Waals surface area contributed by atoms with Gasteiger partial charge in [-0.05, 0) is 32.0 Å². The molecule has 1 aliphatic rings. The minimum absolute atomic E-state index is 0.248. The molecule has 0 aromatic carbocycles. The Morgan fingerprint density at radius 2 is 2.10 bits per heavy atom. The van der Waals surface area contributed by atoms with Crippen molar-refractivity contribution in [3.63, 3.8) is 0 Å². The van der Waals surface area contributed by atoms with E-state index < -0.39 is 0 Å². The van der Waals surface area contributed by atoms with Gasteiger partial charge in [-0.15, -0.1) is 0 Å². The van der Waals surface area contributed by atoms with E-state index in [2.05, 4.69) is 39.0 Å². The van der Waals surface area contributed by atoms with Crippen LogP contribution in [-0.2, 0) is 11.8 Å². The molecule has 0 spiro atoms. The molecule has 0 amide bonds. The van der Waals surface area contributed by atoms with Crippen LogP contribution in [0, 0.1) is 6.92 Å². The van der Waals surface area contributed by atoms with E-state index >= 15 is 0 Å². The molecule has 0 radical (unpaired) electrons. The average molecular weight is 389 g/mol. The Morgan fingerprint density at radius 1 is 1.21 bits per heavy atom. The van der Waals surface area contributed by atoms with Gasteiger partial charge in [-0.1, -0.05) is 0 Å². The summed E-state index contributed by atoms with van der Waals surface area (Å²) >= 11 is 0. The number of ether oxygens (including phenoxy) is 1. The zero-order valence-corrected chi connectivity index (χ0v) is 16.8. The molecule has 1 fully saturated rings. The zero-order chi connectivity index (χ0) is 20.0. The van der Waals surface area contributed by atoms with Gasteiger partial charge < -0.3 is 14.6 Å². The van der Waals surface area contributed by atoms with Crippen molar-refractivity contribution in [2.24, 2.45) is 7.05 Å². The number of fused-ring (bicyclic) bond motifs is 1. The van der Waals surface area contributed by atoms with Crippen molar-refractivity contribution in [2.45, 2.75) is 19.9 Å². The van der Waals surface area contributed by atoms with Crippen molar-refractivity contribution in [1.29, 1.82) is 0 Å². The molecule has 4 aromatic heterocycles. The van der Waals surface area contributed by atoms with Gasteiger partial charge >= 0.3 is 0 Å². The lowest BCUT2D eigenvalue weighted by Crippen LogP contribution is -2.44. The first kappa shape index (κ1) is 17.8. The summed E-state index contributed by atoms with van der Waals surface area (Å²) in [4.78, 5) is 19.7. The Labute approximate surface area is 168 Å². The Kier molecular flexibility index (Phi) is 4.28. The summed E-state index contributed by atoms with van der Waals surface area (Å²) < 4.78 is 7.49. The predicted octanol–water partition coefficient (Wildman–Crippen LogP) is 2.95. The molecule has 1 aliphatic heterocycles. The fourth-order valence-corrected chi connectivity index (χ4v) is 3.91. The molecular formula is C21H23N7O. The number of aromatic nitrogens is 6. The van der Waals surface area contributed by atoms with Gasteiger partial charge in [0.2, 0.25) is 0 Å². The second-order valence-corrected chi connectivity index (χ2v) is 7.45. The van der Waals surface area contributed by atoms with E-state index in [9.17, 15) is 0 Å². The zero-order valence-electron chi connectivity index (χ0n) is 16.8. The smallest absolute Gasteiger partial charge is 0.163 e. The molecule has 1 unspecified atom stereocenters. The third kappa shape index (κ3) is 3.15. The van der Waals surface area contributed by atoms with Gasteiger partial charge in [-0.25, -0.2) is 15.0 Å². The van der Waals surface area contributed by atoms with Crippen LogP contribution in [0.5, 0.6) is 0 Å². The molecular weight excluding hydrogens is 366 g/mol. The minimum atomic E-state index is 0.248. The first-order valence-electron chi connectivity index (χ1n) is 9.77. The van der Waals surface area contributed by atoms with Gasteiger partial charge in [-0.2, -0.15) is 5.10 Å². The molecule has 1 saturated heterocycles. The number of pyridine rings is 1. The number of aryl methyl sites for hydroxylation is 2. The molecule has 8 nitrogen and oxygen atoms in total. The van der Waals surface area contributed by atoms with Gasteiger partial charge in [0.05, 0.1) is 36.3 Å². The summed E-state index contributed by atoms with van der Waals surface area (Å²) in [6.07, 6.45) is 3.68. The molecule has 5 heterocycles. The maximum Gasteiger partial charge on any atom is 0.163 e. The molecule has 1 atom stereocenters. The number of H-pyrrole nitrogens is 1. The van der Waals surface area contributed by atoms with Crippen LogP contribution in [0.25, 0.3) is 33.8 Å². The lowest BCUT2D eigenvalue weighted by Gasteiger charge is -2.34. The van der Waals surface area contributed by atoms with Gasteiger partial charge in [-0.3, -0.25) is 4.68 Å². The lowest BCUT2D eigenvalue weighted by atomic mass is 10.1. The van der Waals surface area contributed by atoms with Crippen LogP contribution in [0.2, 0.25) is 0 Å². The van der Waals surface area contributed by atoms with Gasteiger partial charge in [0.1, 0.15) is 11.5 Å². The normalized spacial score (nSPS) is 17.2. The van der Waals surface area contributed by atoms with Crippen molar-refractivity contribution in [1.82, 2.24) is 29.7 Å². The second kappa shape index (κ2) is 6.97. The molecule has 1 N–H and O–H groups in total. The van der Waals surface area contributed by atoms with Crippen LogP contribution in [0.3, 0.4) is 0 Å². The number of anilines is 1. The number of aromatic amines is 1. The summed E-state index contributed by atoms with van der Waals surface area (Å²) in [6, 6.07) is 8.33. The molecule has 5 rings (SSSR count). The molecule has 29 heavy (non-hydrogen) atoms. The topological polar surface area (TPSA) is 84.8 Å². The van der Waals surface area contributed by atoms with Crippen molar-refractivity contribution in [3.8, 4) is 22.8 Å². The number of rotatable bonds is 3. The molecule has 0 bridgehead atoms. The van der Waals surface area contributed by atoms with E-state index in [1.54, 1.807) is 6.20 Å². The predicted molar refractivity (Wildman–Crippen MR) is 112 cm³/mol. The third-order valence-corrected chi connectivity index (χ3v) is 5.34. The van der Waals surface area contributed by atoms with E-state index in [4.69, 9.17) is 14.7 Å². The summed E-state index contributed by atoms with van der Waals surface area (Å²) in [5, 5.41) is 5.50. The third-order valence-electron chi connectivity index (χ3n) is 5.34. The Morgan fingerprint density at radius 3 is 2.90 bits per heavy atom. The van der Waals surface area contributed by atoms with E-state index in [1.165, 1.54) is 0 Å². The van der Waals surface area contributed by atoms with Crippen LogP contribution in [0.1, 0.15) is 12.6 Å². The SMILES string of the molecule is Cc1cc(-c2cc(N3CCOCC3C)nc(-c3ccnc4[nH]ccc34)n2)n(C)n1. The highest BCUT2D eigenvalue weighted by Gasteiger charge is 2.23. The number of morpholine rings is 1. The van der Waals surface area contributed by atoms with Crippen LogP contribution < -0.4 is 4.90 Å². The van der Waals surface area contributed by atoms with Crippen molar-refractivity contribution >= 4 is 16.9 Å². The minimum Gasteiger partial charge on any atom is -0.377 e. The average Bonchev–Trinajstić information content (AvgIpc) is 3.33. The summed E-state index contributed by atoms with van der Waals surface area (Å²) in [6.45, 7) is 6.34. The van der Waals surface area contributed by atoms with Crippen LogP contribution in [-0.4, -0.2) is 55.5 Å². The first-order valence-corrected chi connectivity index (χ1v) is 9.77. The maximum atomic E-state index is 5.62. The van der Waals surface area contributed by atoms with E-state index in [0.29, 0.717) is 19.0 Å². The summed E-state index contributed by atoms with van der Waals surface area (Å²) in [7, 11) is 1.94. The quantitative estimate of drug-likeness (QED) is 0.580. The van der Waals surface area contributed by atoms with Gasteiger partial charge in [0.15, 0.2) is 5.82 Å². The van der Waals surface area contributed by atoms with E-state index in [0.717, 1.165) is 46.0 Å². The second-order valence-electron chi connectivity index (χ2n) is 7.45. The highest BCUT2D eigenvalue weighted by molar-refractivity contribution is 5.91. The number of nitrogens with zero attached hydrogens (tertiary/aromatic N) is 6. The van der Waals surface area contributed by atoms with Crippen molar-refractivity contribution < 1.29 is 4.74 Å². The fourth-order valence-electron chi connectivity index (χ4n) is 3.91. The van der Waals surface area contributed by atoms with Crippen molar-refractivity contribution in [2.75, 3.05) is 24.7 Å². The van der Waals surface area contributed by atoms with Crippen LogP contribution in [0.15, 0.2) is 36.7 Å². The highest BCUT2D eigenvalue weighted by atomic mass is 16.5. The molecule has 0 aliphatic carbocycles. The van der Waals surface area contributed by atoms with Crippen LogP contribution in [0.4, 0.5) is 5.82 Å². The Balaban J connectivity index is 1.72. The van der Waals surface area contributed by atoms with Crippen LogP contribution >= 0.6 is 0 Å². The summed E-state index contributed by atoms with van der Waals surface area (Å²) in [5.74, 6) is 1.59. The Bertz CT molecular complexity index is 1180. The fraction of sp³-hybridized carbons (Fsp3) is 0.333. The van der Waals surface area contributed by atoms with E-state index in [1.807, 2.05) is 37.0 Å². The molecule has 148 valence electrons. The standard InChI is InChI=1S/C21H23N7O/c1-13-10-18(27(3)26-13)17-11-19(28-8-9-29-12-14(28)2)25-21(24-17)16-5-7-23-20-15(16)4-6-22-20/h4-7,10-11,14H,8-9,12H2,1-3H3,(H,22,23). The molecule has 0 saturated carbocycles.